The Kier molecular flexibility index (Phi) is 3.76. The Morgan fingerprint density at radius 2 is 2.20 bits per heavy atom. The van der Waals surface area contributed by atoms with Crippen LogP contribution in [0.5, 0.6) is 0 Å². The number of carbonyl (C=O) groups is 1. The topological polar surface area (TPSA) is 35.5 Å². The zero-order valence-corrected chi connectivity index (χ0v) is 9.41. The maximum atomic E-state index is 12.2. The van der Waals surface area contributed by atoms with E-state index in [4.69, 9.17) is 9.47 Å². The zero-order valence-electron chi connectivity index (χ0n) is 9.41. The highest BCUT2D eigenvalue weighted by Crippen LogP contribution is 2.29. The fourth-order valence-electron chi connectivity index (χ4n) is 2.64. The molecule has 0 aromatic carbocycles. The molecule has 3 nitrogen and oxygen atoms in total. The maximum absolute atomic E-state index is 12.2. The summed E-state index contributed by atoms with van der Waals surface area (Å²) in [5.41, 5.74) is 0. The number of rotatable bonds is 3. The average Bonchev–Trinajstić information content (AvgIpc) is 2.77. The molecule has 3 atom stereocenters. The van der Waals surface area contributed by atoms with Crippen molar-refractivity contribution < 1.29 is 14.3 Å². The zero-order chi connectivity index (χ0) is 10.7. The van der Waals surface area contributed by atoms with Crippen LogP contribution in [0.3, 0.4) is 0 Å². The van der Waals surface area contributed by atoms with Crippen molar-refractivity contribution in [3.05, 3.63) is 0 Å². The molecule has 86 valence electrons. The molecule has 2 aliphatic rings. The molecule has 2 fully saturated rings. The molecule has 15 heavy (non-hydrogen) atoms. The van der Waals surface area contributed by atoms with Gasteiger partial charge in [-0.15, -0.1) is 0 Å². The molecule has 2 aliphatic heterocycles. The van der Waals surface area contributed by atoms with Gasteiger partial charge < -0.3 is 9.47 Å². The monoisotopic (exact) mass is 212 g/mol. The predicted octanol–water partition coefficient (Wildman–Crippen LogP) is 1.80. The van der Waals surface area contributed by atoms with Gasteiger partial charge in [0.2, 0.25) is 0 Å². The minimum Gasteiger partial charge on any atom is -0.381 e. The summed E-state index contributed by atoms with van der Waals surface area (Å²) in [5.74, 6) is 0.667. The van der Waals surface area contributed by atoms with Gasteiger partial charge in [0.15, 0.2) is 0 Å². The van der Waals surface area contributed by atoms with Crippen LogP contribution >= 0.6 is 0 Å². The van der Waals surface area contributed by atoms with E-state index < -0.39 is 0 Å². The lowest BCUT2D eigenvalue weighted by Gasteiger charge is -2.25. The van der Waals surface area contributed by atoms with Gasteiger partial charge in [-0.1, -0.05) is 6.92 Å². The molecule has 0 amide bonds. The molecule has 0 N–H and O–H groups in total. The van der Waals surface area contributed by atoms with Crippen LogP contribution in [0, 0.1) is 11.8 Å². The Labute approximate surface area is 91.1 Å². The summed E-state index contributed by atoms with van der Waals surface area (Å²) >= 11 is 0. The SMILES string of the molecule is CCC1OCCC1C(=O)C1CCCOC1. The minimum absolute atomic E-state index is 0.138. The molecular weight excluding hydrogens is 192 g/mol. The Morgan fingerprint density at radius 3 is 2.87 bits per heavy atom. The average molecular weight is 212 g/mol. The Bertz CT molecular complexity index is 221. The number of ether oxygens (including phenoxy) is 2. The first-order chi connectivity index (χ1) is 7.33. The lowest BCUT2D eigenvalue weighted by molar-refractivity contribution is -0.132. The molecule has 3 unspecified atom stereocenters. The van der Waals surface area contributed by atoms with Crippen LogP contribution in [0.1, 0.15) is 32.6 Å². The number of hydrogen-bond acceptors (Lipinski definition) is 3. The van der Waals surface area contributed by atoms with Crippen molar-refractivity contribution >= 4 is 5.78 Å². The molecule has 3 heteroatoms. The summed E-state index contributed by atoms with van der Waals surface area (Å²) in [7, 11) is 0. The first kappa shape index (κ1) is 11.1. The van der Waals surface area contributed by atoms with Gasteiger partial charge in [0.1, 0.15) is 5.78 Å². The fourth-order valence-corrected chi connectivity index (χ4v) is 2.64. The molecule has 0 bridgehead atoms. The minimum atomic E-state index is 0.138. The molecule has 0 aromatic heterocycles. The third-order valence-corrected chi connectivity index (χ3v) is 3.54. The summed E-state index contributed by atoms with van der Waals surface area (Å²) in [6.07, 6.45) is 4.06. The molecule has 2 rings (SSSR count). The second kappa shape index (κ2) is 5.08. The van der Waals surface area contributed by atoms with Crippen LogP contribution in [0.15, 0.2) is 0 Å². The van der Waals surface area contributed by atoms with Crippen LogP contribution in [0.4, 0.5) is 0 Å². The summed E-state index contributed by atoms with van der Waals surface area (Å²) in [6, 6.07) is 0. The van der Waals surface area contributed by atoms with Crippen LogP contribution in [-0.4, -0.2) is 31.7 Å². The third kappa shape index (κ3) is 2.40. The molecule has 2 saturated heterocycles. The van der Waals surface area contributed by atoms with Crippen molar-refractivity contribution in [2.75, 3.05) is 19.8 Å². The second-order valence-electron chi connectivity index (χ2n) is 4.53. The van der Waals surface area contributed by atoms with Crippen LogP contribution in [0.25, 0.3) is 0 Å². The van der Waals surface area contributed by atoms with Gasteiger partial charge in [0.25, 0.3) is 0 Å². The molecule has 0 aromatic rings. The summed E-state index contributed by atoms with van der Waals surface area (Å²) in [5, 5.41) is 0. The molecule has 0 radical (unpaired) electrons. The lowest BCUT2D eigenvalue weighted by atomic mass is 9.84. The first-order valence-electron chi connectivity index (χ1n) is 6.06. The highest BCUT2D eigenvalue weighted by molar-refractivity contribution is 5.84. The Morgan fingerprint density at radius 1 is 1.33 bits per heavy atom. The van der Waals surface area contributed by atoms with Crippen molar-refractivity contribution in [1.29, 1.82) is 0 Å². The van der Waals surface area contributed by atoms with Crippen LogP contribution < -0.4 is 0 Å². The molecule has 2 heterocycles. The van der Waals surface area contributed by atoms with Crippen molar-refractivity contribution in [2.24, 2.45) is 11.8 Å². The van der Waals surface area contributed by atoms with E-state index in [-0.39, 0.29) is 17.9 Å². The smallest absolute Gasteiger partial charge is 0.144 e. The Balaban J connectivity index is 1.93. The van der Waals surface area contributed by atoms with E-state index >= 15 is 0 Å². The fraction of sp³-hybridized carbons (Fsp3) is 0.917. The van der Waals surface area contributed by atoms with Gasteiger partial charge in [-0.2, -0.15) is 0 Å². The van der Waals surface area contributed by atoms with Gasteiger partial charge in [-0.05, 0) is 25.7 Å². The number of Topliss-reactive ketones (excluding diaryl/α,β-unsaturated/α-hetero) is 1. The predicted molar refractivity (Wildman–Crippen MR) is 56.7 cm³/mol. The van der Waals surface area contributed by atoms with Crippen molar-refractivity contribution in [2.45, 2.75) is 38.7 Å². The normalized spacial score (nSPS) is 36.7. The molecular formula is C12H20O3. The first-order valence-corrected chi connectivity index (χ1v) is 6.06. The van der Waals surface area contributed by atoms with Crippen molar-refractivity contribution in [3.8, 4) is 0 Å². The van der Waals surface area contributed by atoms with E-state index in [1.54, 1.807) is 0 Å². The van der Waals surface area contributed by atoms with Crippen molar-refractivity contribution in [3.63, 3.8) is 0 Å². The lowest BCUT2D eigenvalue weighted by Crippen LogP contribution is -2.34. The van der Waals surface area contributed by atoms with Gasteiger partial charge in [-0.25, -0.2) is 0 Å². The van der Waals surface area contributed by atoms with Gasteiger partial charge in [0, 0.05) is 25.0 Å². The summed E-state index contributed by atoms with van der Waals surface area (Å²) in [4.78, 5) is 12.2. The van der Waals surface area contributed by atoms with E-state index in [2.05, 4.69) is 6.92 Å². The highest BCUT2D eigenvalue weighted by Gasteiger charge is 2.36. The molecule has 0 spiro atoms. The van der Waals surface area contributed by atoms with Crippen molar-refractivity contribution in [1.82, 2.24) is 0 Å². The Hall–Kier alpha value is -0.410. The number of hydrogen-bond donors (Lipinski definition) is 0. The quantitative estimate of drug-likeness (QED) is 0.715. The molecule has 0 aliphatic carbocycles. The van der Waals surface area contributed by atoms with Gasteiger partial charge >= 0.3 is 0 Å². The summed E-state index contributed by atoms with van der Waals surface area (Å²) in [6.45, 7) is 4.30. The maximum Gasteiger partial charge on any atom is 0.144 e. The van der Waals surface area contributed by atoms with E-state index in [1.165, 1.54) is 0 Å². The third-order valence-electron chi connectivity index (χ3n) is 3.54. The standard InChI is InChI=1S/C12H20O3/c1-2-11-10(5-7-15-11)12(13)9-4-3-6-14-8-9/h9-11H,2-8H2,1H3. The van der Waals surface area contributed by atoms with Crippen LogP contribution in [-0.2, 0) is 14.3 Å². The summed E-state index contributed by atoms with van der Waals surface area (Å²) < 4.78 is 10.9. The van der Waals surface area contributed by atoms with E-state index in [1.807, 2.05) is 0 Å². The van der Waals surface area contributed by atoms with E-state index in [0.717, 1.165) is 38.9 Å². The van der Waals surface area contributed by atoms with Crippen LogP contribution in [0.2, 0.25) is 0 Å². The van der Waals surface area contributed by atoms with Gasteiger partial charge in [0.05, 0.1) is 12.7 Å². The van der Waals surface area contributed by atoms with E-state index in [0.29, 0.717) is 12.4 Å². The van der Waals surface area contributed by atoms with E-state index in [9.17, 15) is 4.79 Å². The van der Waals surface area contributed by atoms with Gasteiger partial charge in [-0.3, -0.25) is 4.79 Å². The number of carbonyl (C=O) groups excluding carboxylic acids is 1. The highest BCUT2D eigenvalue weighted by atomic mass is 16.5. The molecule has 0 saturated carbocycles. The number of ketones is 1. The second-order valence-corrected chi connectivity index (χ2v) is 4.53. The largest absolute Gasteiger partial charge is 0.381 e.